The van der Waals surface area contributed by atoms with Crippen molar-refractivity contribution in [1.82, 2.24) is 20.0 Å². The van der Waals surface area contributed by atoms with Gasteiger partial charge in [0, 0.05) is 41.4 Å². The predicted octanol–water partition coefficient (Wildman–Crippen LogP) is 9.33. The third-order valence-electron chi connectivity index (χ3n) is 8.17. The van der Waals surface area contributed by atoms with Gasteiger partial charge in [-0.2, -0.15) is 10.2 Å². The number of hydrogen-bond donors (Lipinski definition) is 0. The Morgan fingerprint density at radius 2 is 1.87 bits per heavy atom. The van der Waals surface area contributed by atoms with E-state index >= 15 is 0 Å². The largest absolute Gasteiger partial charge is 0.334 e. The summed E-state index contributed by atoms with van der Waals surface area (Å²) in [7, 11) is 2.40. The van der Waals surface area contributed by atoms with Crippen molar-refractivity contribution in [2.45, 2.75) is 99.6 Å². The number of nitrogens with zero attached hydrogens (tertiary/aromatic N) is 6. The molecule has 0 bridgehead atoms. The SMILES string of the molecule is CC.CCC1C=CC(P)=C(F)C1.CCCC1C(N=C(C)c2ccc(-c3cccnn3)c(F)c2)=C(C)N2CC(C)(C)N=C2N1CC. The first-order chi connectivity index (χ1) is 21.5. The van der Waals surface area contributed by atoms with E-state index in [1.54, 1.807) is 30.5 Å². The fraction of sp³-hybridized carbons (Fsp3) is 0.500. The molecular formula is C36H51F2N6P. The van der Waals surface area contributed by atoms with Crippen LogP contribution < -0.4 is 0 Å². The molecule has 2 aromatic rings. The molecule has 5 rings (SSSR count). The lowest BCUT2D eigenvalue weighted by Gasteiger charge is -2.42. The van der Waals surface area contributed by atoms with Gasteiger partial charge in [0.2, 0.25) is 5.96 Å². The second-order valence-electron chi connectivity index (χ2n) is 12.0. The van der Waals surface area contributed by atoms with E-state index in [-0.39, 0.29) is 23.2 Å². The Morgan fingerprint density at radius 3 is 2.44 bits per heavy atom. The van der Waals surface area contributed by atoms with Gasteiger partial charge in [0.05, 0.1) is 29.5 Å². The van der Waals surface area contributed by atoms with Gasteiger partial charge in [0.15, 0.2) is 0 Å². The third kappa shape index (κ3) is 8.72. The summed E-state index contributed by atoms with van der Waals surface area (Å²) in [5.41, 5.74) is 4.57. The number of likely N-dealkylation sites (N-methyl/N-ethyl adjacent to an activating group) is 1. The number of allylic oxidation sites excluding steroid dienone is 5. The molecule has 244 valence electrons. The van der Waals surface area contributed by atoms with E-state index in [1.807, 2.05) is 32.9 Å². The Labute approximate surface area is 271 Å². The van der Waals surface area contributed by atoms with Gasteiger partial charge in [-0.25, -0.2) is 13.8 Å². The number of hydrogen-bond acceptors (Lipinski definition) is 6. The van der Waals surface area contributed by atoms with Crippen molar-refractivity contribution in [3.8, 4) is 11.3 Å². The minimum absolute atomic E-state index is 0.0272. The normalized spacial score (nSPS) is 20.7. The molecule has 45 heavy (non-hydrogen) atoms. The maximum atomic E-state index is 15.0. The molecule has 0 fully saturated rings. The highest BCUT2D eigenvalue weighted by atomic mass is 31.0. The van der Waals surface area contributed by atoms with Crippen molar-refractivity contribution in [2.24, 2.45) is 15.9 Å². The first-order valence-electron chi connectivity index (χ1n) is 16.3. The number of fused-ring (bicyclic) bond motifs is 1. The molecule has 1 aromatic carbocycles. The zero-order valence-corrected chi connectivity index (χ0v) is 29.7. The van der Waals surface area contributed by atoms with Crippen LogP contribution in [0.3, 0.4) is 0 Å². The lowest BCUT2D eigenvalue weighted by molar-refractivity contribution is 0.273. The van der Waals surface area contributed by atoms with Crippen molar-refractivity contribution >= 4 is 20.9 Å². The molecule has 0 amide bonds. The summed E-state index contributed by atoms with van der Waals surface area (Å²) in [4.78, 5) is 14.8. The Bertz CT molecular complexity index is 1460. The van der Waals surface area contributed by atoms with Crippen LogP contribution in [0.25, 0.3) is 11.3 Å². The van der Waals surface area contributed by atoms with Gasteiger partial charge in [-0.15, -0.1) is 9.24 Å². The highest BCUT2D eigenvalue weighted by Gasteiger charge is 2.42. The maximum absolute atomic E-state index is 15.0. The van der Waals surface area contributed by atoms with E-state index in [2.05, 4.69) is 76.9 Å². The predicted molar refractivity (Wildman–Crippen MR) is 188 cm³/mol. The minimum Gasteiger partial charge on any atom is -0.334 e. The van der Waals surface area contributed by atoms with Crippen LogP contribution in [0.5, 0.6) is 0 Å². The van der Waals surface area contributed by atoms with Crippen LogP contribution in [0.2, 0.25) is 0 Å². The van der Waals surface area contributed by atoms with Crippen molar-refractivity contribution in [1.29, 1.82) is 0 Å². The van der Waals surface area contributed by atoms with E-state index in [0.29, 0.717) is 28.9 Å². The van der Waals surface area contributed by atoms with Crippen LogP contribution in [0.15, 0.2) is 81.2 Å². The fourth-order valence-electron chi connectivity index (χ4n) is 5.73. The van der Waals surface area contributed by atoms with Gasteiger partial charge in [-0.1, -0.05) is 52.3 Å². The van der Waals surface area contributed by atoms with Crippen molar-refractivity contribution in [3.63, 3.8) is 0 Å². The second kappa shape index (κ2) is 16.4. The lowest BCUT2D eigenvalue weighted by Crippen LogP contribution is -2.52. The molecule has 9 heteroatoms. The van der Waals surface area contributed by atoms with Crippen LogP contribution in [0, 0.1) is 11.7 Å². The van der Waals surface area contributed by atoms with Gasteiger partial charge in [0.25, 0.3) is 0 Å². The average molecular weight is 637 g/mol. The summed E-state index contributed by atoms with van der Waals surface area (Å²) in [6, 6.07) is 8.87. The Balaban J connectivity index is 0.000000389. The zero-order chi connectivity index (χ0) is 33.3. The number of halogens is 2. The quantitative estimate of drug-likeness (QED) is 0.225. The van der Waals surface area contributed by atoms with Gasteiger partial charge in [0.1, 0.15) is 11.6 Å². The highest BCUT2D eigenvalue weighted by Crippen LogP contribution is 2.36. The summed E-state index contributed by atoms with van der Waals surface area (Å²) in [5, 5.41) is 8.60. The van der Waals surface area contributed by atoms with E-state index in [0.717, 1.165) is 61.0 Å². The van der Waals surface area contributed by atoms with Crippen molar-refractivity contribution in [2.75, 3.05) is 13.1 Å². The van der Waals surface area contributed by atoms with Crippen LogP contribution in [-0.4, -0.2) is 56.3 Å². The van der Waals surface area contributed by atoms with Crippen LogP contribution >= 0.6 is 9.24 Å². The molecule has 0 N–H and O–H groups in total. The smallest absolute Gasteiger partial charge is 0.202 e. The summed E-state index contributed by atoms with van der Waals surface area (Å²) in [6.45, 7) is 20.6. The summed E-state index contributed by atoms with van der Waals surface area (Å²) < 4.78 is 27.8. The molecule has 0 spiro atoms. The van der Waals surface area contributed by atoms with Gasteiger partial charge >= 0.3 is 0 Å². The molecule has 2 aliphatic heterocycles. The van der Waals surface area contributed by atoms with Crippen LogP contribution in [-0.2, 0) is 0 Å². The van der Waals surface area contributed by atoms with Gasteiger partial charge in [-0.3, -0.25) is 4.99 Å². The van der Waals surface area contributed by atoms with E-state index in [9.17, 15) is 8.78 Å². The fourth-order valence-corrected chi connectivity index (χ4v) is 5.96. The lowest BCUT2D eigenvalue weighted by atomic mass is 9.97. The molecule has 0 radical (unpaired) electrons. The van der Waals surface area contributed by atoms with Gasteiger partial charge < -0.3 is 9.80 Å². The van der Waals surface area contributed by atoms with E-state index in [4.69, 9.17) is 9.98 Å². The monoisotopic (exact) mass is 636 g/mol. The number of rotatable bonds is 7. The molecule has 1 aromatic heterocycles. The van der Waals surface area contributed by atoms with Crippen molar-refractivity contribution in [3.05, 3.63) is 82.6 Å². The summed E-state index contributed by atoms with van der Waals surface area (Å²) in [6.07, 6.45) is 9.16. The average Bonchev–Trinajstić information content (AvgIpc) is 3.37. The molecule has 6 nitrogen and oxygen atoms in total. The minimum atomic E-state index is -0.326. The zero-order valence-electron chi connectivity index (χ0n) is 28.5. The Kier molecular flexibility index (Phi) is 13.2. The second-order valence-corrected chi connectivity index (χ2v) is 12.6. The number of aromatic nitrogens is 2. The summed E-state index contributed by atoms with van der Waals surface area (Å²) in [5.74, 6) is 1.17. The molecule has 1 aliphatic carbocycles. The Hall–Kier alpha value is -3.25. The first kappa shape index (κ1) is 36.2. The molecular weight excluding hydrogens is 585 g/mol. The number of benzene rings is 1. The topological polar surface area (TPSA) is 57.0 Å². The molecule has 3 heterocycles. The summed E-state index contributed by atoms with van der Waals surface area (Å²) >= 11 is 0. The molecule has 0 saturated heterocycles. The highest BCUT2D eigenvalue weighted by molar-refractivity contribution is 7.23. The van der Waals surface area contributed by atoms with Crippen molar-refractivity contribution < 1.29 is 8.78 Å². The maximum Gasteiger partial charge on any atom is 0.202 e. The van der Waals surface area contributed by atoms with Crippen LogP contribution in [0.1, 0.15) is 93.6 Å². The molecule has 3 aliphatic rings. The Morgan fingerprint density at radius 1 is 1.13 bits per heavy atom. The first-order valence-corrected chi connectivity index (χ1v) is 16.9. The standard InChI is InChI=1S/C26H33FN6.C8H12FP.C2H6/c1-7-10-23-24(18(4)33-16-26(5,6)30-25(33)32(23)8-2)29-17(3)19-12-13-20(21(27)15-19)22-11-9-14-28-31-22;1-2-6-3-4-8(10)7(9)5-6;1-2/h9,11-15,23H,7-8,10,16H2,1-6H3;3-4,6H,2,5,10H2,1H3;1-2H3. The van der Waals surface area contributed by atoms with E-state index in [1.165, 1.54) is 0 Å². The van der Waals surface area contributed by atoms with E-state index < -0.39 is 0 Å². The molecule has 3 atom stereocenters. The number of aliphatic imine (C=N–C) groups is 2. The van der Waals surface area contributed by atoms with Crippen LogP contribution in [0.4, 0.5) is 8.78 Å². The molecule has 3 unspecified atom stereocenters. The molecule has 0 saturated carbocycles. The van der Waals surface area contributed by atoms with Gasteiger partial charge in [-0.05, 0) is 83.2 Å². The third-order valence-corrected chi connectivity index (χ3v) is 8.67. The number of guanidine groups is 1.